The summed E-state index contributed by atoms with van der Waals surface area (Å²) in [5.41, 5.74) is 4.24. The number of aryl methyl sites for hydroxylation is 2. The molecule has 3 atom stereocenters. The van der Waals surface area contributed by atoms with E-state index in [1.807, 2.05) is 23.7 Å². The Morgan fingerprint density at radius 1 is 1.23 bits per heavy atom. The van der Waals surface area contributed by atoms with Crippen molar-refractivity contribution in [2.45, 2.75) is 52.1 Å². The van der Waals surface area contributed by atoms with Crippen molar-refractivity contribution in [1.29, 1.82) is 0 Å². The highest BCUT2D eigenvalue weighted by atomic mass is 16.2. The number of rotatable bonds is 6. The maximum Gasteiger partial charge on any atom is 0.241 e. The van der Waals surface area contributed by atoms with Gasteiger partial charge in [0.05, 0.1) is 24.5 Å². The number of hydrogen-bond acceptors (Lipinski definition) is 3. The number of nitrogens with zero attached hydrogens (tertiary/aromatic N) is 4. The molecule has 7 nitrogen and oxygen atoms in total. The minimum atomic E-state index is 0.0329. The molecule has 1 heterocycles. The highest BCUT2D eigenvalue weighted by molar-refractivity contribution is 5.86. The van der Waals surface area contributed by atoms with Gasteiger partial charge in [-0.2, -0.15) is 5.10 Å². The first-order valence-electron chi connectivity index (χ1n) is 11.3. The molecule has 2 fully saturated rings. The van der Waals surface area contributed by atoms with Crippen molar-refractivity contribution in [3.8, 4) is 5.69 Å². The normalized spacial score (nSPS) is 22.6. The number of carbonyl (C=O) groups excluding carboxylic acids is 1. The van der Waals surface area contributed by atoms with Crippen LogP contribution in [0.5, 0.6) is 0 Å². The van der Waals surface area contributed by atoms with Crippen LogP contribution in [0.25, 0.3) is 5.69 Å². The Morgan fingerprint density at radius 2 is 2.03 bits per heavy atom. The maximum absolute atomic E-state index is 12.1. The standard InChI is InChI=1S/C24H34N6O/c1-16-11-17(2)30(28-16)22-8-6-5-7-20(22)14-25-24(26-15-23(31)29(3)4)27-21-13-18-9-10-19(21)12-18/h5-8,11,18-19,21H,9-10,12-15H2,1-4H3,(H2,25,26,27). The van der Waals surface area contributed by atoms with Gasteiger partial charge in [0, 0.05) is 25.8 Å². The summed E-state index contributed by atoms with van der Waals surface area (Å²) in [4.78, 5) is 18.6. The van der Waals surface area contributed by atoms with Gasteiger partial charge < -0.3 is 15.5 Å². The quantitative estimate of drug-likeness (QED) is 0.555. The smallest absolute Gasteiger partial charge is 0.241 e. The van der Waals surface area contributed by atoms with E-state index in [1.54, 1.807) is 19.0 Å². The minimum absolute atomic E-state index is 0.0329. The van der Waals surface area contributed by atoms with Crippen molar-refractivity contribution in [1.82, 2.24) is 25.3 Å². The fourth-order valence-corrected chi connectivity index (χ4v) is 4.96. The Balaban J connectivity index is 1.53. The zero-order valence-corrected chi connectivity index (χ0v) is 19.1. The molecule has 0 radical (unpaired) electrons. The summed E-state index contributed by atoms with van der Waals surface area (Å²) in [5.74, 6) is 2.32. The van der Waals surface area contributed by atoms with Crippen molar-refractivity contribution in [3.05, 3.63) is 47.3 Å². The van der Waals surface area contributed by atoms with Gasteiger partial charge in [0.25, 0.3) is 0 Å². The summed E-state index contributed by atoms with van der Waals surface area (Å²) in [6.45, 7) is 4.82. The zero-order valence-electron chi connectivity index (χ0n) is 19.1. The lowest BCUT2D eigenvalue weighted by Gasteiger charge is -2.25. The van der Waals surface area contributed by atoms with Gasteiger partial charge in [-0.15, -0.1) is 0 Å². The Hall–Kier alpha value is -2.83. The van der Waals surface area contributed by atoms with Crippen molar-refractivity contribution in [3.63, 3.8) is 0 Å². The van der Waals surface area contributed by atoms with Crippen LogP contribution in [-0.2, 0) is 11.3 Å². The predicted molar refractivity (Wildman–Crippen MR) is 123 cm³/mol. The summed E-state index contributed by atoms with van der Waals surface area (Å²) in [7, 11) is 3.55. The molecule has 31 heavy (non-hydrogen) atoms. The summed E-state index contributed by atoms with van der Waals surface area (Å²) in [5, 5.41) is 11.5. The number of fused-ring (bicyclic) bond motifs is 2. The molecule has 0 saturated heterocycles. The Morgan fingerprint density at radius 3 is 2.68 bits per heavy atom. The third-order valence-electron chi connectivity index (χ3n) is 6.60. The molecular formula is C24H34N6O. The average molecular weight is 423 g/mol. The van der Waals surface area contributed by atoms with Crippen LogP contribution in [0.3, 0.4) is 0 Å². The molecular weight excluding hydrogens is 388 g/mol. The van der Waals surface area contributed by atoms with E-state index in [2.05, 4.69) is 40.9 Å². The van der Waals surface area contributed by atoms with Gasteiger partial charge in [-0.1, -0.05) is 24.6 Å². The van der Waals surface area contributed by atoms with E-state index in [-0.39, 0.29) is 12.5 Å². The largest absolute Gasteiger partial charge is 0.353 e. The molecule has 1 amide bonds. The fraction of sp³-hybridized carbons (Fsp3) is 0.542. The van der Waals surface area contributed by atoms with Crippen molar-refractivity contribution >= 4 is 11.9 Å². The van der Waals surface area contributed by atoms with Crippen LogP contribution in [0.4, 0.5) is 0 Å². The Bertz CT molecular complexity index is 963. The molecule has 2 saturated carbocycles. The molecule has 2 N–H and O–H groups in total. The minimum Gasteiger partial charge on any atom is -0.353 e. The number of aliphatic imine (C=N–C) groups is 1. The zero-order chi connectivity index (χ0) is 22.0. The number of amides is 1. The number of nitrogens with one attached hydrogen (secondary N) is 2. The van der Waals surface area contributed by atoms with Gasteiger partial charge in [0.1, 0.15) is 0 Å². The Kier molecular flexibility index (Phi) is 6.30. The van der Waals surface area contributed by atoms with Crippen molar-refractivity contribution < 1.29 is 4.79 Å². The van der Waals surface area contributed by atoms with Crippen LogP contribution >= 0.6 is 0 Å². The number of para-hydroxylation sites is 1. The number of hydrogen-bond donors (Lipinski definition) is 2. The summed E-state index contributed by atoms with van der Waals surface area (Å²) < 4.78 is 1.98. The predicted octanol–water partition coefficient (Wildman–Crippen LogP) is 2.80. The Labute approximate surface area is 184 Å². The molecule has 1 aromatic heterocycles. The first-order valence-corrected chi connectivity index (χ1v) is 11.3. The summed E-state index contributed by atoms with van der Waals surface area (Å²) in [6, 6.07) is 10.8. The van der Waals surface area contributed by atoms with E-state index >= 15 is 0 Å². The second-order valence-electron chi connectivity index (χ2n) is 9.20. The molecule has 0 spiro atoms. The lowest BCUT2D eigenvalue weighted by Crippen LogP contribution is -2.48. The van der Waals surface area contributed by atoms with Gasteiger partial charge in [0.15, 0.2) is 5.96 Å². The maximum atomic E-state index is 12.1. The van der Waals surface area contributed by atoms with E-state index in [0.29, 0.717) is 12.6 Å². The number of benzene rings is 1. The topological polar surface area (TPSA) is 74.6 Å². The van der Waals surface area contributed by atoms with E-state index in [4.69, 9.17) is 4.99 Å². The summed E-state index contributed by atoms with van der Waals surface area (Å²) >= 11 is 0. The highest BCUT2D eigenvalue weighted by Gasteiger charge is 2.39. The molecule has 7 heteroatoms. The number of guanidine groups is 1. The summed E-state index contributed by atoms with van der Waals surface area (Å²) in [6.07, 6.45) is 5.18. The van der Waals surface area contributed by atoms with Gasteiger partial charge in [-0.3, -0.25) is 4.79 Å². The van der Waals surface area contributed by atoms with Crippen LogP contribution in [-0.4, -0.2) is 53.2 Å². The molecule has 2 aliphatic carbocycles. The molecule has 0 aliphatic heterocycles. The van der Waals surface area contributed by atoms with Crippen LogP contribution < -0.4 is 10.6 Å². The number of likely N-dealkylation sites (N-methyl/N-ethyl adjacent to an activating group) is 1. The van der Waals surface area contributed by atoms with Gasteiger partial charge >= 0.3 is 0 Å². The third kappa shape index (κ3) is 4.92. The number of carbonyl (C=O) groups is 1. The van der Waals surface area contributed by atoms with Gasteiger partial charge in [0.2, 0.25) is 5.91 Å². The van der Waals surface area contributed by atoms with E-state index in [1.165, 1.54) is 25.7 Å². The van der Waals surface area contributed by atoms with Crippen molar-refractivity contribution in [2.24, 2.45) is 16.8 Å². The SMILES string of the molecule is Cc1cc(C)n(-c2ccccc2CN=C(NCC(=O)N(C)C)NC2CC3CCC2C3)n1. The van der Waals surface area contributed by atoms with E-state index in [0.717, 1.165) is 40.4 Å². The van der Waals surface area contributed by atoms with Crippen LogP contribution in [0, 0.1) is 25.7 Å². The van der Waals surface area contributed by atoms with Crippen LogP contribution in [0.1, 0.15) is 42.6 Å². The van der Waals surface area contributed by atoms with Crippen LogP contribution in [0.2, 0.25) is 0 Å². The average Bonchev–Trinajstić information content (AvgIpc) is 3.45. The molecule has 2 aromatic rings. The van der Waals surface area contributed by atoms with Gasteiger partial charge in [-0.25, -0.2) is 9.67 Å². The van der Waals surface area contributed by atoms with E-state index < -0.39 is 0 Å². The first kappa shape index (κ1) is 21.4. The first-order chi connectivity index (χ1) is 14.9. The van der Waals surface area contributed by atoms with E-state index in [9.17, 15) is 4.79 Å². The lowest BCUT2D eigenvalue weighted by atomic mass is 9.95. The third-order valence-corrected chi connectivity index (χ3v) is 6.60. The highest BCUT2D eigenvalue weighted by Crippen LogP contribution is 2.44. The molecule has 166 valence electrons. The molecule has 4 rings (SSSR count). The molecule has 1 aromatic carbocycles. The van der Waals surface area contributed by atoms with Gasteiger partial charge in [-0.05, 0) is 62.6 Å². The lowest BCUT2D eigenvalue weighted by molar-refractivity contribution is -0.127. The monoisotopic (exact) mass is 422 g/mol. The second kappa shape index (κ2) is 9.12. The molecule has 2 bridgehead atoms. The second-order valence-corrected chi connectivity index (χ2v) is 9.20. The van der Waals surface area contributed by atoms with Crippen molar-refractivity contribution in [2.75, 3.05) is 20.6 Å². The fourth-order valence-electron chi connectivity index (χ4n) is 4.96. The van der Waals surface area contributed by atoms with Crippen LogP contribution in [0.15, 0.2) is 35.3 Å². The molecule has 2 aliphatic rings. The molecule has 3 unspecified atom stereocenters. The number of aromatic nitrogens is 2.